The minimum atomic E-state index is 0.130. The highest BCUT2D eigenvalue weighted by Crippen LogP contribution is 2.31. The first-order valence-electron chi connectivity index (χ1n) is 6.86. The summed E-state index contributed by atoms with van der Waals surface area (Å²) in [5, 5.41) is 17.6. The number of benzene rings is 1. The number of fused-ring (bicyclic) bond motifs is 1. The summed E-state index contributed by atoms with van der Waals surface area (Å²) in [6.45, 7) is 4.04. The minimum Gasteiger partial charge on any atom is -0.508 e. The van der Waals surface area contributed by atoms with Crippen LogP contribution in [-0.4, -0.2) is 21.4 Å². The summed E-state index contributed by atoms with van der Waals surface area (Å²) in [4.78, 5) is 0. The molecule has 19 heavy (non-hydrogen) atoms. The Morgan fingerprint density at radius 1 is 1.42 bits per heavy atom. The molecule has 0 amide bonds. The molecule has 0 spiro atoms. The van der Waals surface area contributed by atoms with Crippen LogP contribution in [0.5, 0.6) is 5.75 Å². The van der Waals surface area contributed by atoms with Crippen LogP contribution in [0.2, 0.25) is 0 Å². The van der Waals surface area contributed by atoms with Gasteiger partial charge >= 0.3 is 0 Å². The van der Waals surface area contributed by atoms with Gasteiger partial charge in [0, 0.05) is 19.3 Å². The molecule has 2 N–H and O–H groups in total. The van der Waals surface area contributed by atoms with Crippen molar-refractivity contribution in [2.75, 3.05) is 6.54 Å². The molecule has 0 saturated heterocycles. The van der Waals surface area contributed by atoms with Crippen LogP contribution in [0.4, 0.5) is 0 Å². The van der Waals surface area contributed by atoms with Crippen molar-refractivity contribution in [2.45, 2.75) is 32.4 Å². The molecule has 1 aliphatic heterocycles. The van der Waals surface area contributed by atoms with Gasteiger partial charge in [-0.3, -0.25) is 4.68 Å². The van der Waals surface area contributed by atoms with Gasteiger partial charge in [0.1, 0.15) is 5.75 Å². The molecule has 0 bridgehead atoms. The van der Waals surface area contributed by atoms with Crippen LogP contribution in [0.3, 0.4) is 0 Å². The van der Waals surface area contributed by atoms with Crippen molar-refractivity contribution < 1.29 is 5.11 Å². The first-order valence-corrected chi connectivity index (χ1v) is 6.86. The normalized spacial score (nSPS) is 18.3. The van der Waals surface area contributed by atoms with Gasteiger partial charge < -0.3 is 10.4 Å². The lowest BCUT2D eigenvalue weighted by molar-refractivity contribution is 0.465. The molecular weight excluding hydrogens is 238 g/mol. The average Bonchev–Trinajstić information content (AvgIpc) is 2.86. The molecular formula is C15H19N3O. The predicted molar refractivity (Wildman–Crippen MR) is 74.2 cm³/mol. The van der Waals surface area contributed by atoms with Gasteiger partial charge in [-0.2, -0.15) is 5.10 Å². The maximum atomic E-state index is 9.73. The van der Waals surface area contributed by atoms with E-state index in [9.17, 15) is 5.11 Å². The van der Waals surface area contributed by atoms with E-state index in [1.165, 1.54) is 16.8 Å². The molecule has 4 nitrogen and oxygen atoms in total. The van der Waals surface area contributed by atoms with Crippen molar-refractivity contribution in [3.8, 4) is 5.75 Å². The van der Waals surface area contributed by atoms with Crippen LogP contribution in [0, 0.1) is 0 Å². The van der Waals surface area contributed by atoms with Crippen LogP contribution >= 0.6 is 0 Å². The Hall–Kier alpha value is -1.81. The van der Waals surface area contributed by atoms with E-state index in [4.69, 9.17) is 0 Å². The highest BCUT2D eigenvalue weighted by Gasteiger charge is 2.24. The molecule has 0 radical (unpaired) electrons. The molecule has 4 heteroatoms. The van der Waals surface area contributed by atoms with E-state index in [0.717, 1.165) is 25.9 Å². The maximum Gasteiger partial charge on any atom is 0.115 e. The summed E-state index contributed by atoms with van der Waals surface area (Å²) in [5.74, 6) is 0.328. The zero-order valence-electron chi connectivity index (χ0n) is 11.1. The Balaban J connectivity index is 2.03. The second-order valence-corrected chi connectivity index (χ2v) is 5.00. The molecule has 1 aromatic heterocycles. The molecule has 2 aromatic rings. The number of hydrogen-bond donors (Lipinski definition) is 2. The summed E-state index contributed by atoms with van der Waals surface area (Å²) in [6.07, 6.45) is 3.92. The first kappa shape index (κ1) is 12.2. The van der Waals surface area contributed by atoms with Crippen LogP contribution in [0.15, 0.2) is 30.5 Å². The predicted octanol–water partition coefficient (Wildman–Crippen LogP) is 2.23. The van der Waals surface area contributed by atoms with Crippen LogP contribution in [-0.2, 0) is 13.0 Å². The number of nitrogens with one attached hydrogen (secondary N) is 1. The quantitative estimate of drug-likeness (QED) is 0.886. The standard InChI is InChI=1S/C15H19N3O/c1-2-9-18-14(6-8-17-18)15-13-10-12(19)4-3-11(13)5-7-16-15/h3-4,6,8,10,15-16,19H,2,5,7,9H2,1H3. The molecule has 0 saturated carbocycles. The fraction of sp³-hybridized carbons (Fsp3) is 0.400. The van der Waals surface area contributed by atoms with Crippen LogP contribution in [0.1, 0.15) is 36.2 Å². The lowest BCUT2D eigenvalue weighted by Gasteiger charge is -2.27. The van der Waals surface area contributed by atoms with Gasteiger partial charge in [-0.1, -0.05) is 13.0 Å². The first-order chi connectivity index (χ1) is 9.29. The fourth-order valence-corrected chi connectivity index (χ4v) is 2.79. The zero-order chi connectivity index (χ0) is 13.2. The van der Waals surface area contributed by atoms with Gasteiger partial charge in [-0.05, 0) is 42.2 Å². The smallest absolute Gasteiger partial charge is 0.115 e. The van der Waals surface area contributed by atoms with Crippen molar-refractivity contribution in [3.05, 3.63) is 47.3 Å². The number of aromatic hydroxyl groups is 1. The molecule has 100 valence electrons. The van der Waals surface area contributed by atoms with Crippen molar-refractivity contribution >= 4 is 0 Å². The summed E-state index contributed by atoms with van der Waals surface area (Å²) >= 11 is 0. The number of phenolic OH excluding ortho intramolecular Hbond substituents is 1. The zero-order valence-corrected chi connectivity index (χ0v) is 11.1. The van der Waals surface area contributed by atoms with Crippen molar-refractivity contribution in [1.82, 2.24) is 15.1 Å². The SMILES string of the molecule is CCCn1nccc1C1NCCc2ccc(O)cc21. The minimum absolute atomic E-state index is 0.130. The van der Waals surface area contributed by atoms with Crippen LogP contribution < -0.4 is 5.32 Å². The van der Waals surface area contributed by atoms with Crippen molar-refractivity contribution in [2.24, 2.45) is 0 Å². The van der Waals surface area contributed by atoms with E-state index in [1.807, 2.05) is 18.3 Å². The summed E-state index contributed by atoms with van der Waals surface area (Å²) in [7, 11) is 0. The van der Waals surface area contributed by atoms with Gasteiger partial charge in [0.25, 0.3) is 0 Å². The molecule has 1 atom stereocenters. The largest absolute Gasteiger partial charge is 0.508 e. The number of phenols is 1. The molecule has 0 fully saturated rings. The Bertz CT molecular complexity index is 577. The molecule has 1 aliphatic rings. The second-order valence-electron chi connectivity index (χ2n) is 5.00. The second kappa shape index (κ2) is 5.05. The molecule has 0 aliphatic carbocycles. The summed E-state index contributed by atoms with van der Waals surface area (Å²) < 4.78 is 2.05. The average molecular weight is 257 g/mol. The third kappa shape index (κ3) is 2.24. The number of rotatable bonds is 3. The van der Waals surface area contributed by atoms with Gasteiger partial charge in [-0.15, -0.1) is 0 Å². The molecule has 1 aromatic carbocycles. The van der Waals surface area contributed by atoms with Gasteiger partial charge in [-0.25, -0.2) is 0 Å². The Kier molecular flexibility index (Phi) is 3.25. The van der Waals surface area contributed by atoms with E-state index < -0.39 is 0 Å². The lowest BCUT2D eigenvalue weighted by atomic mass is 9.92. The maximum absolute atomic E-state index is 9.73. The number of aromatic nitrogens is 2. The summed E-state index contributed by atoms with van der Waals surface area (Å²) in [5.41, 5.74) is 3.66. The van der Waals surface area contributed by atoms with E-state index >= 15 is 0 Å². The molecule has 1 unspecified atom stereocenters. The lowest BCUT2D eigenvalue weighted by Crippen LogP contribution is -2.32. The third-order valence-electron chi connectivity index (χ3n) is 3.66. The monoisotopic (exact) mass is 257 g/mol. The Labute approximate surface area is 113 Å². The Morgan fingerprint density at radius 2 is 2.32 bits per heavy atom. The van der Waals surface area contributed by atoms with Gasteiger partial charge in [0.05, 0.1) is 11.7 Å². The molecule has 3 rings (SSSR count). The number of aryl methyl sites for hydroxylation is 1. The van der Waals surface area contributed by atoms with Crippen LogP contribution in [0.25, 0.3) is 0 Å². The topological polar surface area (TPSA) is 50.1 Å². The van der Waals surface area contributed by atoms with Gasteiger partial charge in [0.2, 0.25) is 0 Å². The van der Waals surface area contributed by atoms with E-state index in [0.29, 0.717) is 5.75 Å². The van der Waals surface area contributed by atoms with E-state index in [2.05, 4.69) is 28.1 Å². The third-order valence-corrected chi connectivity index (χ3v) is 3.66. The van der Waals surface area contributed by atoms with E-state index in [1.54, 1.807) is 6.07 Å². The van der Waals surface area contributed by atoms with E-state index in [-0.39, 0.29) is 6.04 Å². The number of nitrogens with zero attached hydrogens (tertiary/aromatic N) is 2. The number of hydrogen-bond acceptors (Lipinski definition) is 3. The fourth-order valence-electron chi connectivity index (χ4n) is 2.79. The highest BCUT2D eigenvalue weighted by molar-refractivity contribution is 5.42. The van der Waals surface area contributed by atoms with Gasteiger partial charge in [0.15, 0.2) is 0 Å². The summed E-state index contributed by atoms with van der Waals surface area (Å²) in [6, 6.07) is 7.86. The molecule has 2 heterocycles. The van der Waals surface area contributed by atoms with Crippen molar-refractivity contribution in [1.29, 1.82) is 0 Å². The highest BCUT2D eigenvalue weighted by atomic mass is 16.3. The Morgan fingerprint density at radius 3 is 3.16 bits per heavy atom. The van der Waals surface area contributed by atoms with Crippen molar-refractivity contribution in [3.63, 3.8) is 0 Å².